The topological polar surface area (TPSA) is 93.7 Å². The maximum Gasteiger partial charge on any atom is 0.262 e. The number of benzene rings is 3. The third-order valence-corrected chi connectivity index (χ3v) is 7.60. The molecule has 3 aromatic carbocycles. The molecule has 33 heavy (non-hydrogen) atoms. The summed E-state index contributed by atoms with van der Waals surface area (Å²) >= 11 is 4.82. The van der Waals surface area contributed by atoms with Crippen LogP contribution in [-0.4, -0.2) is 33.8 Å². The summed E-state index contributed by atoms with van der Waals surface area (Å²) < 4.78 is 39.5. The van der Waals surface area contributed by atoms with Crippen LogP contribution in [0.2, 0.25) is 0 Å². The quantitative estimate of drug-likeness (QED) is 0.347. The molecule has 1 unspecified atom stereocenters. The molecule has 0 aliphatic carbocycles. The number of halogens is 1. The first-order valence-corrected chi connectivity index (χ1v) is 13.0. The molecular weight excluding hydrogens is 528 g/mol. The molecule has 3 rings (SSSR count). The van der Waals surface area contributed by atoms with E-state index in [0.717, 1.165) is 9.37 Å². The fraction of sp³-hybridized carbons (Fsp3) is 0.174. The number of thioether (sulfide) groups is 1. The van der Waals surface area contributed by atoms with Gasteiger partial charge in [0, 0.05) is 21.1 Å². The summed E-state index contributed by atoms with van der Waals surface area (Å²) in [5.41, 5.74) is 0.790. The lowest BCUT2D eigenvalue weighted by atomic mass is 10.3. The smallest absolute Gasteiger partial charge is 0.262 e. The molecule has 0 saturated heterocycles. The Morgan fingerprint density at radius 3 is 2.24 bits per heavy atom. The fourth-order valence-electron chi connectivity index (χ4n) is 2.82. The molecule has 1 amide bonds. The zero-order valence-corrected chi connectivity index (χ0v) is 21.4. The van der Waals surface area contributed by atoms with Crippen molar-refractivity contribution in [3.05, 3.63) is 71.2 Å². The minimum atomic E-state index is -3.86. The van der Waals surface area contributed by atoms with Crippen LogP contribution in [0.3, 0.4) is 0 Å². The van der Waals surface area contributed by atoms with E-state index in [0.29, 0.717) is 17.2 Å². The molecule has 0 fully saturated rings. The minimum Gasteiger partial charge on any atom is -0.497 e. The van der Waals surface area contributed by atoms with E-state index in [2.05, 4.69) is 26.0 Å². The van der Waals surface area contributed by atoms with Crippen molar-refractivity contribution in [3.8, 4) is 11.5 Å². The summed E-state index contributed by atoms with van der Waals surface area (Å²) in [5, 5.41) is 2.48. The van der Waals surface area contributed by atoms with Crippen molar-refractivity contribution in [3.63, 3.8) is 0 Å². The van der Waals surface area contributed by atoms with Gasteiger partial charge in [-0.1, -0.05) is 15.9 Å². The molecule has 1 atom stereocenters. The van der Waals surface area contributed by atoms with Crippen molar-refractivity contribution in [1.29, 1.82) is 0 Å². The predicted octanol–water partition coefficient (Wildman–Crippen LogP) is 5.39. The highest BCUT2D eigenvalue weighted by Gasteiger charge is 2.18. The monoisotopic (exact) mass is 550 g/mol. The molecular formula is C23H23BrN2O5S2. The summed E-state index contributed by atoms with van der Waals surface area (Å²) in [6.07, 6.45) is 0. The van der Waals surface area contributed by atoms with Crippen molar-refractivity contribution >= 4 is 55.0 Å². The molecule has 0 aliphatic rings. The number of nitrogens with one attached hydrogen (secondary N) is 2. The Kier molecular flexibility index (Phi) is 8.28. The van der Waals surface area contributed by atoms with E-state index in [-0.39, 0.29) is 21.7 Å². The van der Waals surface area contributed by atoms with Crippen molar-refractivity contribution in [2.24, 2.45) is 0 Å². The van der Waals surface area contributed by atoms with Crippen molar-refractivity contribution in [1.82, 2.24) is 0 Å². The van der Waals surface area contributed by atoms with Gasteiger partial charge in [-0.05, 0) is 67.6 Å². The lowest BCUT2D eigenvalue weighted by Crippen LogP contribution is -2.22. The highest BCUT2D eigenvalue weighted by molar-refractivity contribution is 9.10. The molecule has 10 heteroatoms. The summed E-state index contributed by atoms with van der Waals surface area (Å²) in [4.78, 5) is 13.6. The van der Waals surface area contributed by atoms with E-state index < -0.39 is 10.0 Å². The van der Waals surface area contributed by atoms with Crippen molar-refractivity contribution in [2.45, 2.75) is 22.0 Å². The van der Waals surface area contributed by atoms with Gasteiger partial charge < -0.3 is 14.8 Å². The van der Waals surface area contributed by atoms with Crippen LogP contribution in [0, 0.1) is 0 Å². The van der Waals surface area contributed by atoms with Crippen LogP contribution in [0.15, 0.2) is 81.0 Å². The van der Waals surface area contributed by atoms with E-state index in [4.69, 9.17) is 9.47 Å². The second-order valence-corrected chi connectivity index (χ2v) is 10.9. The fourth-order valence-corrected chi connectivity index (χ4v) is 5.02. The lowest BCUT2D eigenvalue weighted by molar-refractivity contribution is -0.115. The molecule has 3 aromatic rings. The van der Waals surface area contributed by atoms with Crippen LogP contribution >= 0.6 is 27.7 Å². The summed E-state index contributed by atoms with van der Waals surface area (Å²) in [7, 11) is -0.905. The van der Waals surface area contributed by atoms with Crippen LogP contribution in [0.4, 0.5) is 11.4 Å². The van der Waals surface area contributed by atoms with Gasteiger partial charge in [-0.3, -0.25) is 9.52 Å². The third kappa shape index (κ3) is 6.66. The second-order valence-electron chi connectivity index (χ2n) is 6.90. The third-order valence-electron chi connectivity index (χ3n) is 4.58. The Hall–Kier alpha value is -2.69. The lowest BCUT2D eigenvalue weighted by Gasteiger charge is -2.14. The number of hydrogen-bond acceptors (Lipinski definition) is 6. The molecule has 174 valence electrons. The number of sulfonamides is 1. The Balaban J connectivity index is 1.66. The molecule has 0 aliphatic heterocycles. The van der Waals surface area contributed by atoms with Gasteiger partial charge in [-0.2, -0.15) is 0 Å². The molecule has 0 radical (unpaired) electrons. The number of hydrogen-bond donors (Lipinski definition) is 2. The molecule has 0 aromatic heterocycles. The first-order valence-electron chi connectivity index (χ1n) is 9.80. The van der Waals surface area contributed by atoms with E-state index in [1.54, 1.807) is 30.3 Å². The number of methoxy groups -OCH3 is 2. The van der Waals surface area contributed by atoms with E-state index in [1.807, 2.05) is 31.2 Å². The van der Waals surface area contributed by atoms with Crippen LogP contribution in [0.5, 0.6) is 11.5 Å². The Morgan fingerprint density at radius 2 is 1.64 bits per heavy atom. The normalized spacial score (nSPS) is 12.0. The zero-order valence-electron chi connectivity index (χ0n) is 18.2. The largest absolute Gasteiger partial charge is 0.497 e. The first-order chi connectivity index (χ1) is 15.7. The van der Waals surface area contributed by atoms with Gasteiger partial charge in [0.05, 0.1) is 30.1 Å². The van der Waals surface area contributed by atoms with Gasteiger partial charge in [0.15, 0.2) is 0 Å². The van der Waals surface area contributed by atoms with Crippen LogP contribution < -0.4 is 19.5 Å². The number of carbonyl (C=O) groups excluding carboxylic acids is 1. The number of amides is 1. The van der Waals surface area contributed by atoms with Crippen LogP contribution in [-0.2, 0) is 14.8 Å². The number of ether oxygens (including phenoxy) is 2. The van der Waals surface area contributed by atoms with E-state index >= 15 is 0 Å². The molecule has 0 spiro atoms. The standard InChI is InChI=1S/C23H23BrN2O5S2/c1-15(32-19-9-4-16(24)5-10-19)23(27)25-17-6-11-20(12-7-17)33(28,29)26-21-13-8-18(30-2)14-22(21)31-3/h4-15,26H,1-3H3,(H,25,27). The molecule has 0 saturated carbocycles. The van der Waals surface area contributed by atoms with Gasteiger partial charge in [-0.25, -0.2) is 8.42 Å². The SMILES string of the molecule is COc1ccc(NS(=O)(=O)c2ccc(NC(=O)C(C)Sc3ccc(Br)cc3)cc2)c(OC)c1. The zero-order chi connectivity index (χ0) is 24.0. The van der Waals surface area contributed by atoms with Crippen molar-refractivity contribution in [2.75, 3.05) is 24.3 Å². The Bertz CT molecular complexity index is 1220. The van der Waals surface area contributed by atoms with Gasteiger partial charge in [0.2, 0.25) is 5.91 Å². The molecule has 7 nitrogen and oxygen atoms in total. The molecule has 0 heterocycles. The highest BCUT2D eigenvalue weighted by atomic mass is 79.9. The number of carbonyl (C=O) groups is 1. The van der Waals surface area contributed by atoms with Gasteiger partial charge in [0.1, 0.15) is 11.5 Å². The molecule has 2 N–H and O–H groups in total. The Morgan fingerprint density at radius 1 is 0.970 bits per heavy atom. The minimum absolute atomic E-state index is 0.0515. The average Bonchev–Trinajstić information content (AvgIpc) is 2.81. The first kappa shape index (κ1) is 24.9. The van der Waals surface area contributed by atoms with Crippen LogP contribution in [0.1, 0.15) is 6.92 Å². The van der Waals surface area contributed by atoms with Gasteiger partial charge in [0.25, 0.3) is 10.0 Å². The number of anilines is 2. The van der Waals surface area contributed by atoms with Gasteiger partial charge >= 0.3 is 0 Å². The number of rotatable bonds is 9. The summed E-state index contributed by atoms with van der Waals surface area (Å²) in [6.45, 7) is 1.81. The summed E-state index contributed by atoms with van der Waals surface area (Å²) in [5.74, 6) is 0.695. The molecule has 0 bridgehead atoms. The van der Waals surface area contributed by atoms with E-state index in [9.17, 15) is 13.2 Å². The van der Waals surface area contributed by atoms with Crippen molar-refractivity contribution < 1.29 is 22.7 Å². The predicted molar refractivity (Wildman–Crippen MR) is 135 cm³/mol. The maximum absolute atomic E-state index is 12.8. The second kappa shape index (κ2) is 11.0. The maximum atomic E-state index is 12.8. The summed E-state index contributed by atoms with van der Waals surface area (Å²) in [6, 6.07) is 18.4. The Labute approximate surface area is 206 Å². The highest BCUT2D eigenvalue weighted by Crippen LogP contribution is 2.31. The van der Waals surface area contributed by atoms with E-state index in [1.165, 1.54) is 38.1 Å². The van der Waals surface area contributed by atoms with Gasteiger partial charge in [-0.15, -0.1) is 11.8 Å². The van der Waals surface area contributed by atoms with Crippen LogP contribution in [0.25, 0.3) is 0 Å². The average molecular weight is 551 g/mol.